The molecule has 0 radical (unpaired) electrons. The maximum absolute atomic E-state index is 10.7. The molecule has 0 unspecified atom stereocenters. The number of carboxylic acid groups (broad SMARTS) is 1. The first-order chi connectivity index (χ1) is 7.91. The summed E-state index contributed by atoms with van der Waals surface area (Å²) in [4.78, 5) is 21.3. The smallest absolute Gasteiger partial charge is 0.320 e. The van der Waals surface area contributed by atoms with E-state index in [-0.39, 0.29) is 6.42 Å². The molecular weight excluding hydrogens is 210 g/mol. The molecule has 0 saturated heterocycles. The number of nitrogens with one attached hydrogen (secondary N) is 1. The van der Waals surface area contributed by atoms with Crippen molar-refractivity contribution < 1.29 is 16.1 Å². The van der Waals surface area contributed by atoms with Gasteiger partial charge in [-0.25, -0.2) is 4.79 Å². The van der Waals surface area contributed by atoms with Crippen molar-refractivity contribution in [3.63, 3.8) is 0 Å². The van der Waals surface area contributed by atoms with E-state index in [4.69, 9.17) is 18.0 Å². The van der Waals surface area contributed by atoms with Gasteiger partial charge >= 0.3 is 12.0 Å². The molecule has 1 aromatic carbocycles. The maximum atomic E-state index is 10.7. The fourth-order valence-corrected chi connectivity index (χ4v) is 1.18. The Morgan fingerprint density at radius 2 is 2.00 bits per heavy atom. The standard InChI is InChI=1S/C10H13N3O3/c11-8(9(14)15)5-6-1-3-7(4-2-6)13-10(12)16/h1-4,8H,5,11H2,(H,14,15)(H3,12,13,16)/t8-/m0/s1/i/hD. The molecule has 0 spiro atoms. The van der Waals surface area contributed by atoms with Gasteiger partial charge in [-0.1, -0.05) is 12.1 Å². The van der Waals surface area contributed by atoms with Crippen LogP contribution < -0.4 is 16.8 Å². The van der Waals surface area contributed by atoms with E-state index in [1.165, 1.54) is 12.1 Å². The molecule has 16 heavy (non-hydrogen) atoms. The highest BCUT2D eigenvalue weighted by Gasteiger charge is 2.11. The number of nitrogens with two attached hydrogens (primary N) is 2. The van der Waals surface area contributed by atoms with Gasteiger partial charge in [0.1, 0.15) is 6.04 Å². The number of hydrogen-bond acceptors (Lipinski definition) is 3. The van der Waals surface area contributed by atoms with Crippen LogP contribution in [0.15, 0.2) is 24.3 Å². The Hall–Kier alpha value is -2.08. The Kier molecular flexibility index (Phi) is 3.35. The molecular formula is C10H13N3O3. The van der Waals surface area contributed by atoms with Crippen molar-refractivity contribution in [2.24, 2.45) is 11.5 Å². The molecule has 6 heteroatoms. The molecule has 86 valence electrons. The van der Waals surface area contributed by atoms with Crippen LogP contribution in [0.2, 0.25) is 1.41 Å². The van der Waals surface area contributed by atoms with Crippen molar-refractivity contribution >= 4 is 17.7 Å². The third-order valence-electron chi connectivity index (χ3n) is 1.95. The Morgan fingerprint density at radius 1 is 1.44 bits per heavy atom. The van der Waals surface area contributed by atoms with Gasteiger partial charge < -0.3 is 21.9 Å². The SMILES string of the molecule is [2H]N(C(N)=O)c1ccc(C[C@H](N)C(=O)O)cc1. The van der Waals surface area contributed by atoms with Crippen molar-refractivity contribution in [3.05, 3.63) is 29.8 Å². The second-order valence-corrected chi connectivity index (χ2v) is 3.27. The van der Waals surface area contributed by atoms with E-state index in [2.05, 4.69) is 0 Å². The molecule has 0 aliphatic rings. The lowest BCUT2D eigenvalue weighted by Crippen LogP contribution is -2.32. The Bertz CT molecular complexity index is 421. The zero-order valence-corrected chi connectivity index (χ0v) is 8.46. The van der Waals surface area contributed by atoms with Crippen LogP contribution in [0.3, 0.4) is 0 Å². The van der Waals surface area contributed by atoms with E-state index in [9.17, 15) is 9.59 Å². The second kappa shape index (κ2) is 5.13. The number of carboxylic acids is 1. The first-order valence-electron chi connectivity index (χ1n) is 5.02. The molecule has 0 aliphatic heterocycles. The number of anilines is 1. The molecule has 0 aliphatic carbocycles. The summed E-state index contributed by atoms with van der Waals surface area (Å²) in [7, 11) is 0. The van der Waals surface area contributed by atoms with Gasteiger partial charge in [-0.3, -0.25) is 4.79 Å². The molecule has 2 amide bonds. The summed E-state index contributed by atoms with van der Waals surface area (Å²) in [5.74, 6) is -1.08. The average molecular weight is 224 g/mol. The molecule has 0 bridgehead atoms. The molecule has 6 N–H and O–H groups in total. The highest BCUT2D eigenvalue weighted by molar-refractivity contribution is 5.87. The summed E-state index contributed by atoms with van der Waals surface area (Å²) < 4.78 is 7.29. The molecule has 0 aromatic heterocycles. The van der Waals surface area contributed by atoms with Gasteiger partial charge in [-0.05, 0) is 24.1 Å². The topological polar surface area (TPSA) is 118 Å². The van der Waals surface area contributed by atoms with Gasteiger partial charge in [0.2, 0.25) is 0 Å². The predicted molar refractivity (Wildman–Crippen MR) is 59.0 cm³/mol. The summed E-state index contributed by atoms with van der Waals surface area (Å²) in [5.41, 5.74) is 11.3. The van der Waals surface area contributed by atoms with E-state index in [1.807, 2.05) is 0 Å². The van der Waals surface area contributed by atoms with Gasteiger partial charge in [0.05, 0.1) is 0 Å². The number of primary amides is 1. The Labute approximate surface area is 93.7 Å². The summed E-state index contributed by atoms with van der Waals surface area (Å²) in [6.07, 6.45) is 0.185. The van der Waals surface area contributed by atoms with Crippen LogP contribution in [0.25, 0.3) is 0 Å². The Balaban J connectivity index is 2.75. The quantitative estimate of drug-likeness (QED) is 0.581. The predicted octanol–water partition coefficient (Wildman–Crippen LogP) is 0.132. The largest absolute Gasteiger partial charge is 0.480 e. The van der Waals surface area contributed by atoms with E-state index in [0.29, 0.717) is 16.6 Å². The highest BCUT2D eigenvalue weighted by Crippen LogP contribution is 2.10. The lowest BCUT2D eigenvalue weighted by Gasteiger charge is -2.07. The van der Waals surface area contributed by atoms with Crippen LogP contribution in [0.1, 0.15) is 5.56 Å². The zero-order valence-electron chi connectivity index (χ0n) is 9.46. The second-order valence-electron chi connectivity index (χ2n) is 3.27. The highest BCUT2D eigenvalue weighted by atomic mass is 16.4. The average Bonchev–Trinajstić information content (AvgIpc) is 2.28. The van der Waals surface area contributed by atoms with E-state index >= 15 is 0 Å². The number of hydrogen-bond donors (Lipinski definition) is 4. The zero-order chi connectivity index (χ0) is 13.0. The summed E-state index contributed by atoms with van der Waals surface area (Å²) in [6, 6.07) is 4.35. The van der Waals surface area contributed by atoms with Crippen molar-refractivity contribution in [1.29, 1.82) is 0 Å². The fraction of sp³-hybridized carbons (Fsp3) is 0.200. The number of benzene rings is 1. The number of carbonyl (C=O) groups is 2. The van der Waals surface area contributed by atoms with Crippen LogP contribution in [-0.4, -0.2) is 23.1 Å². The van der Waals surface area contributed by atoms with Gasteiger partial charge in [-0.2, -0.15) is 0 Å². The van der Waals surface area contributed by atoms with Crippen LogP contribution in [0.5, 0.6) is 0 Å². The first-order valence-corrected chi connectivity index (χ1v) is 4.57. The first kappa shape index (κ1) is 10.4. The van der Waals surface area contributed by atoms with Gasteiger partial charge in [0.15, 0.2) is 1.41 Å². The van der Waals surface area contributed by atoms with Gasteiger partial charge in [0.25, 0.3) is 0 Å². The van der Waals surface area contributed by atoms with E-state index < -0.39 is 18.0 Å². The van der Waals surface area contributed by atoms with Crippen LogP contribution in [0, 0.1) is 0 Å². The molecule has 6 nitrogen and oxygen atoms in total. The molecule has 0 fully saturated rings. The lowest BCUT2D eigenvalue weighted by molar-refractivity contribution is -0.138. The van der Waals surface area contributed by atoms with Crippen LogP contribution >= 0.6 is 0 Å². The van der Waals surface area contributed by atoms with Crippen molar-refractivity contribution in [3.8, 4) is 0 Å². The van der Waals surface area contributed by atoms with Gasteiger partial charge in [-0.15, -0.1) is 0 Å². The summed E-state index contributed by atoms with van der Waals surface area (Å²) in [5, 5.41) is 9.18. The minimum Gasteiger partial charge on any atom is -0.480 e. The summed E-state index contributed by atoms with van der Waals surface area (Å²) in [6.45, 7) is 0. The van der Waals surface area contributed by atoms with Crippen LogP contribution in [-0.2, 0) is 11.2 Å². The number of urea groups is 1. The maximum Gasteiger partial charge on any atom is 0.320 e. The van der Waals surface area contributed by atoms with E-state index in [1.54, 1.807) is 12.1 Å². The third kappa shape index (κ3) is 3.58. The fourth-order valence-electron chi connectivity index (χ4n) is 1.18. The number of carbonyl (C=O) groups excluding carboxylic acids is 1. The number of aliphatic carboxylic acids is 1. The normalized spacial score (nSPS) is 12.7. The molecule has 1 aromatic rings. The molecule has 1 rings (SSSR count). The Morgan fingerprint density at radius 3 is 2.44 bits per heavy atom. The molecule has 0 heterocycles. The van der Waals surface area contributed by atoms with Crippen molar-refractivity contribution in [2.75, 3.05) is 5.31 Å². The number of rotatable bonds is 4. The minimum absolute atomic E-state index is 0.185. The van der Waals surface area contributed by atoms with Crippen molar-refractivity contribution in [2.45, 2.75) is 12.5 Å². The number of amides is 2. The third-order valence-corrected chi connectivity index (χ3v) is 1.95. The summed E-state index contributed by atoms with van der Waals surface area (Å²) >= 11 is 0. The van der Waals surface area contributed by atoms with Gasteiger partial charge in [0, 0.05) is 5.69 Å². The lowest BCUT2D eigenvalue weighted by atomic mass is 10.1. The molecule has 1 atom stereocenters. The van der Waals surface area contributed by atoms with Crippen LogP contribution in [0.4, 0.5) is 10.5 Å². The monoisotopic (exact) mass is 224 g/mol. The van der Waals surface area contributed by atoms with Crippen molar-refractivity contribution in [1.82, 2.24) is 0 Å². The minimum atomic E-state index is -1.08. The van der Waals surface area contributed by atoms with E-state index in [0.717, 1.165) is 0 Å². The molecule has 0 saturated carbocycles.